The third-order valence-electron chi connectivity index (χ3n) is 5.10. The summed E-state index contributed by atoms with van der Waals surface area (Å²) in [6, 6.07) is 0. The normalized spacial score (nSPS) is 28.3. The Balaban J connectivity index is 1.55. The molecule has 0 aromatic carbocycles. The molecule has 20 heavy (non-hydrogen) atoms. The minimum atomic E-state index is 0.194. The van der Waals surface area contributed by atoms with Crippen LogP contribution in [0.25, 0.3) is 0 Å². The Morgan fingerprint density at radius 3 is 2.65 bits per heavy atom. The van der Waals surface area contributed by atoms with Crippen molar-refractivity contribution in [1.82, 2.24) is 14.5 Å². The van der Waals surface area contributed by atoms with Crippen LogP contribution < -0.4 is 0 Å². The Morgan fingerprint density at radius 1 is 1.15 bits per heavy atom. The highest BCUT2D eigenvalue weighted by Crippen LogP contribution is 2.33. The van der Waals surface area contributed by atoms with Gasteiger partial charge in [0, 0.05) is 26.1 Å². The molecule has 3 heterocycles. The summed E-state index contributed by atoms with van der Waals surface area (Å²) in [6.45, 7) is 2.81. The number of imidazole rings is 1. The summed E-state index contributed by atoms with van der Waals surface area (Å²) >= 11 is 0. The van der Waals surface area contributed by atoms with Crippen LogP contribution in [0.3, 0.4) is 0 Å². The molecular formula is C16H21N3O. The third-order valence-corrected chi connectivity index (χ3v) is 5.10. The molecular weight excluding hydrogens is 250 g/mol. The Morgan fingerprint density at radius 2 is 1.90 bits per heavy atom. The van der Waals surface area contributed by atoms with Crippen molar-refractivity contribution in [3.05, 3.63) is 29.9 Å². The first-order valence-corrected chi connectivity index (χ1v) is 7.81. The highest BCUT2D eigenvalue weighted by Gasteiger charge is 2.36. The van der Waals surface area contributed by atoms with Crippen molar-refractivity contribution in [1.29, 1.82) is 0 Å². The first kappa shape index (κ1) is 12.2. The number of carbonyl (C=O) groups excluding carboxylic acids is 1. The minimum absolute atomic E-state index is 0.194. The van der Waals surface area contributed by atoms with E-state index in [2.05, 4.69) is 26.6 Å². The van der Waals surface area contributed by atoms with E-state index in [1.54, 1.807) is 6.20 Å². The molecule has 0 N–H and O–H groups in total. The second kappa shape index (κ2) is 4.76. The van der Waals surface area contributed by atoms with Crippen molar-refractivity contribution in [2.45, 2.75) is 38.6 Å². The number of rotatable bonds is 1. The zero-order chi connectivity index (χ0) is 13.5. The Hall–Kier alpha value is -1.58. The van der Waals surface area contributed by atoms with Crippen LogP contribution in [-0.4, -0.2) is 33.4 Å². The third kappa shape index (κ3) is 1.89. The summed E-state index contributed by atoms with van der Waals surface area (Å²) in [6.07, 6.45) is 12.0. The van der Waals surface area contributed by atoms with Crippen LogP contribution in [0.4, 0.5) is 0 Å². The van der Waals surface area contributed by atoms with E-state index in [1.807, 2.05) is 0 Å². The molecule has 0 saturated carbocycles. The highest BCUT2D eigenvalue weighted by atomic mass is 16.2. The Kier molecular flexibility index (Phi) is 2.90. The summed E-state index contributed by atoms with van der Waals surface area (Å²) in [5.74, 6) is 2.64. The monoisotopic (exact) mass is 271 g/mol. The second-order valence-corrected chi connectivity index (χ2v) is 6.34. The van der Waals surface area contributed by atoms with Crippen LogP contribution in [-0.2, 0) is 13.0 Å². The summed E-state index contributed by atoms with van der Waals surface area (Å²) in [5, 5.41) is 0. The average Bonchev–Trinajstić information content (AvgIpc) is 3.10. The van der Waals surface area contributed by atoms with Gasteiger partial charge in [0.1, 0.15) is 11.5 Å². The first-order valence-electron chi connectivity index (χ1n) is 7.81. The van der Waals surface area contributed by atoms with Gasteiger partial charge in [-0.15, -0.1) is 0 Å². The lowest BCUT2D eigenvalue weighted by Crippen LogP contribution is -2.31. The number of nitrogens with zero attached hydrogens (tertiary/aromatic N) is 3. The topological polar surface area (TPSA) is 38.1 Å². The number of hydrogen-bond acceptors (Lipinski definition) is 2. The smallest absolute Gasteiger partial charge is 0.272 e. The maximum atomic E-state index is 12.8. The van der Waals surface area contributed by atoms with Gasteiger partial charge in [0.05, 0.1) is 6.20 Å². The molecule has 0 spiro atoms. The van der Waals surface area contributed by atoms with Crippen molar-refractivity contribution in [3.8, 4) is 0 Å². The second-order valence-electron chi connectivity index (χ2n) is 6.34. The minimum Gasteiger partial charge on any atom is -0.337 e. The molecule has 1 fully saturated rings. The van der Waals surface area contributed by atoms with Crippen molar-refractivity contribution in [2.75, 3.05) is 13.1 Å². The van der Waals surface area contributed by atoms with E-state index >= 15 is 0 Å². The first-order chi connectivity index (χ1) is 9.83. The van der Waals surface area contributed by atoms with E-state index in [0.29, 0.717) is 11.8 Å². The molecule has 106 valence electrons. The van der Waals surface area contributed by atoms with E-state index in [9.17, 15) is 4.79 Å². The molecule has 1 aliphatic carbocycles. The molecule has 2 aliphatic heterocycles. The predicted molar refractivity (Wildman–Crippen MR) is 76.4 cm³/mol. The standard InChI is InChI=1S/C16H21N3O/c20-16(14-9-17-15-7-3-4-8-19(14)15)18-10-12-5-1-2-6-13(12)11-18/h1-2,9,12-13H,3-8,10-11H2. The summed E-state index contributed by atoms with van der Waals surface area (Å²) in [7, 11) is 0. The lowest BCUT2D eigenvalue weighted by Gasteiger charge is -2.20. The number of hydrogen-bond donors (Lipinski definition) is 0. The Bertz CT molecular complexity index is 544. The van der Waals surface area contributed by atoms with Crippen molar-refractivity contribution in [3.63, 3.8) is 0 Å². The summed E-state index contributed by atoms with van der Waals surface area (Å²) < 4.78 is 2.14. The summed E-state index contributed by atoms with van der Waals surface area (Å²) in [4.78, 5) is 19.3. The molecule has 2 unspecified atom stereocenters. The number of amides is 1. The fraction of sp³-hybridized carbons (Fsp3) is 0.625. The van der Waals surface area contributed by atoms with Gasteiger partial charge < -0.3 is 9.47 Å². The predicted octanol–water partition coefficient (Wildman–Crippen LogP) is 2.26. The van der Waals surface area contributed by atoms with Crippen molar-refractivity contribution >= 4 is 5.91 Å². The van der Waals surface area contributed by atoms with Crippen LogP contribution >= 0.6 is 0 Å². The maximum absolute atomic E-state index is 12.8. The molecule has 4 nitrogen and oxygen atoms in total. The molecule has 0 radical (unpaired) electrons. The van der Waals surface area contributed by atoms with Crippen LogP contribution in [0, 0.1) is 11.8 Å². The molecule has 1 amide bonds. The molecule has 4 heteroatoms. The number of carbonyl (C=O) groups is 1. The lowest BCUT2D eigenvalue weighted by molar-refractivity contribution is 0.0772. The zero-order valence-electron chi connectivity index (χ0n) is 11.8. The lowest BCUT2D eigenvalue weighted by atomic mass is 9.86. The van der Waals surface area contributed by atoms with Gasteiger partial charge in [-0.25, -0.2) is 4.98 Å². The van der Waals surface area contributed by atoms with E-state index in [4.69, 9.17) is 0 Å². The van der Waals surface area contributed by atoms with Crippen LogP contribution in [0.5, 0.6) is 0 Å². The number of allylic oxidation sites excluding steroid dienone is 2. The van der Waals surface area contributed by atoms with Gasteiger partial charge in [0.2, 0.25) is 0 Å². The highest BCUT2D eigenvalue weighted by molar-refractivity contribution is 5.92. The number of fused-ring (bicyclic) bond motifs is 2. The number of likely N-dealkylation sites (tertiary alicyclic amines) is 1. The van der Waals surface area contributed by atoms with E-state index < -0.39 is 0 Å². The molecule has 1 aromatic rings. The van der Waals surface area contributed by atoms with E-state index in [-0.39, 0.29) is 5.91 Å². The quantitative estimate of drug-likeness (QED) is 0.735. The van der Waals surface area contributed by atoms with Crippen LogP contribution in [0.15, 0.2) is 18.3 Å². The maximum Gasteiger partial charge on any atom is 0.272 e. The van der Waals surface area contributed by atoms with Gasteiger partial charge in [0.15, 0.2) is 0 Å². The van der Waals surface area contributed by atoms with Gasteiger partial charge in [-0.2, -0.15) is 0 Å². The fourth-order valence-electron chi connectivity index (χ4n) is 3.93. The number of aryl methyl sites for hydroxylation is 1. The fourth-order valence-corrected chi connectivity index (χ4v) is 3.93. The van der Waals surface area contributed by atoms with Crippen LogP contribution in [0.1, 0.15) is 42.0 Å². The molecule has 3 aliphatic rings. The molecule has 0 bridgehead atoms. The van der Waals surface area contributed by atoms with Gasteiger partial charge >= 0.3 is 0 Å². The van der Waals surface area contributed by atoms with Gasteiger partial charge in [-0.3, -0.25) is 4.79 Å². The summed E-state index contributed by atoms with van der Waals surface area (Å²) in [5.41, 5.74) is 0.811. The SMILES string of the molecule is O=C(c1cnc2n1CCCC2)N1CC2CC=CCC2C1. The van der Waals surface area contributed by atoms with Crippen LogP contribution in [0.2, 0.25) is 0 Å². The van der Waals surface area contributed by atoms with E-state index in [0.717, 1.165) is 50.4 Å². The van der Waals surface area contributed by atoms with Gasteiger partial charge in [-0.1, -0.05) is 12.2 Å². The zero-order valence-corrected chi connectivity index (χ0v) is 11.8. The van der Waals surface area contributed by atoms with Gasteiger partial charge in [-0.05, 0) is 37.5 Å². The largest absolute Gasteiger partial charge is 0.337 e. The van der Waals surface area contributed by atoms with E-state index in [1.165, 1.54) is 12.8 Å². The number of aromatic nitrogens is 2. The average molecular weight is 271 g/mol. The Labute approximate surface area is 119 Å². The molecule has 1 aromatic heterocycles. The molecule has 1 saturated heterocycles. The van der Waals surface area contributed by atoms with Gasteiger partial charge in [0.25, 0.3) is 5.91 Å². The molecule has 4 rings (SSSR count). The van der Waals surface area contributed by atoms with Crippen molar-refractivity contribution < 1.29 is 4.79 Å². The van der Waals surface area contributed by atoms with Crippen molar-refractivity contribution in [2.24, 2.45) is 11.8 Å². The molecule has 2 atom stereocenters.